The van der Waals surface area contributed by atoms with Crippen LogP contribution >= 0.6 is 11.8 Å². The topological polar surface area (TPSA) is 71.3 Å². The van der Waals surface area contributed by atoms with E-state index in [1.165, 1.54) is 6.26 Å². The summed E-state index contributed by atoms with van der Waals surface area (Å²) in [4.78, 5) is 25.3. The van der Waals surface area contributed by atoms with Crippen molar-refractivity contribution < 1.29 is 14.0 Å². The molecule has 0 spiro atoms. The zero-order chi connectivity index (χ0) is 17.6. The quantitative estimate of drug-likeness (QED) is 0.663. The monoisotopic (exact) mass is 352 g/mol. The molecule has 5 nitrogen and oxygen atoms in total. The molecule has 0 aliphatic rings. The molecule has 1 aromatic heterocycles. The zero-order valence-corrected chi connectivity index (χ0v) is 14.3. The predicted octanol–water partition coefficient (Wildman–Crippen LogP) is 4.51. The van der Waals surface area contributed by atoms with Crippen LogP contribution in [0.1, 0.15) is 20.9 Å². The van der Waals surface area contributed by atoms with Crippen LogP contribution in [0.25, 0.3) is 0 Å². The Bertz CT molecular complexity index is 857. The van der Waals surface area contributed by atoms with Gasteiger partial charge < -0.3 is 15.1 Å². The first-order chi connectivity index (χ1) is 12.2. The second-order valence-corrected chi connectivity index (χ2v) is 6.07. The van der Waals surface area contributed by atoms with E-state index in [1.807, 2.05) is 30.5 Å². The fourth-order valence-electron chi connectivity index (χ4n) is 2.18. The Hall–Kier alpha value is -2.99. The fourth-order valence-corrected chi connectivity index (χ4v) is 2.59. The van der Waals surface area contributed by atoms with E-state index in [4.69, 9.17) is 4.42 Å². The zero-order valence-electron chi connectivity index (χ0n) is 13.5. The maximum atomic E-state index is 12.3. The van der Waals surface area contributed by atoms with Crippen molar-refractivity contribution in [3.05, 3.63) is 78.3 Å². The van der Waals surface area contributed by atoms with Crippen molar-refractivity contribution in [1.29, 1.82) is 0 Å². The maximum Gasteiger partial charge on any atom is 0.291 e. The van der Waals surface area contributed by atoms with E-state index in [0.717, 1.165) is 10.6 Å². The van der Waals surface area contributed by atoms with Gasteiger partial charge in [0.2, 0.25) is 0 Å². The molecule has 1 heterocycles. The molecular weight excluding hydrogens is 336 g/mol. The highest BCUT2D eigenvalue weighted by Gasteiger charge is 2.10. The molecule has 0 unspecified atom stereocenters. The lowest BCUT2D eigenvalue weighted by Crippen LogP contribution is -2.13. The first-order valence-electron chi connectivity index (χ1n) is 7.56. The van der Waals surface area contributed by atoms with Gasteiger partial charge in [0.05, 0.1) is 6.26 Å². The molecule has 0 radical (unpaired) electrons. The number of amides is 2. The number of hydrogen-bond donors (Lipinski definition) is 2. The average molecular weight is 352 g/mol. The third-order valence-corrected chi connectivity index (χ3v) is 4.24. The van der Waals surface area contributed by atoms with Crippen LogP contribution in [0.2, 0.25) is 0 Å². The minimum Gasteiger partial charge on any atom is -0.459 e. The van der Waals surface area contributed by atoms with Crippen molar-refractivity contribution in [2.45, 2.75) is 4.90 Å². The smallest absolute Gasteiger partial charge is 0.291 e. The van der Waals surface area contributed by atoms with Gasteiger partial charge in [-0.05, 0) is 66.9 Å². The maximum absolute atomic E-state index is 12.3. The number of hydrogen-bond acceptors (Lipinski definition) is 4. The van der Waals surface area contributed by atoms with Crippen LogP contribution in [0.5, 0.6) is 0 Å². The second kappa shape index (κ2) is 7.72. The van der Waals surface area contributed by atoms with Crippen LogP contribution < -0.4 is 10.6 Å². The highest BCUT2D eigenvalue weighted by atomic mass is 32.2. The summed E-state index contributed by atoms with van der Waals surface area (Å²) < 4.78 is 5.03. The molecule has 0 aliphatic heterocycles. The first-order valence-corrected chi connectivity index (χ1v) is 8.78. The summed E-state index contributed by atoms with van der Waals surface area (Å²) in [5, 5.41) is 5.55. The molecule has 3 aromatic rings. The van der Waals surface area contributed by atoms with Gasteiger partial charge in [-0.15, -0.1) is 11.8 Å². The lowest BCUT2D eigenvalue weighted by Gasteiger charge is -2.07. The minimum absolute atomic E-state index is 0.208. The van der Waals surface area contributed by atoms with Gasteiger partial charge in [0.25, 0.3) is 11.8 Å². The van der Waals surface area contributed by atoms with Gasteiger partial charge in [0.15, 0.2) is 5.76 Å². The van der Waals surface area contributed by atoms with E-state index >= 15 is 0 Å². The van der Waals surface area contributed by atoms with E-state index in [2.05, 4.69) is 10.6 Å². The average Bonchev–Trinajstić information content (AvgIpc) is 3.18. The Kier molecular flexibility index (Phi) is 5.20. The Morgan fingerprint density at radius 3 is 2.00 bits per heavy atom. The van der Waals surface area contributed by atoms with Crippen molar-refractivity contribution in [2.24, 2.45) is 0 Å². The molecule has 126 valence electrons. The van der Waals surface area contributed by atoms with Crippen molar-refractivity contribution in [1.82, 2.24) is 0 Å². The Morgan fingerprint density at radius 2 is 1.44 bits per heavy atom. The normalized spacial score (nSPS) is 10.3. The molecule has 0 fully saturated rings. The van der Waals surface area contributed by atoms with Crippen molar-refractivity contribution in [2.75, 3.05) is 16.9 Å². The highest BCUT2D eigenvalue weighted by Crippen LogP contribution is 2.18. The second-order valence-electron chi connectivity index (χ2n) is 5.19. The summed E-state index contributed by atoms with van der Waals surface area (Å²) in [6.45, 7) is 0. The molecule has 0 saturated heterocycles. The van der Waals surface area contributed by atoms with Gasteiger partial charge >= 0.3 is 0 Å². The third-order valence-electron chi connectivity index (χ3n) is 3.50. The van der Waals surface area contributed by atoms with E-state index < -0.39 is 0 Å². The van der Waals surface area contributed by atoms with Crippen LogP contribution in [-0.2, 0) is 0 Å². The van der Waals surface area contributed by atoms with E-state index in [1.54, 1.807) is 48.2 Å². The minimum atomic E-state index is -0.337. The van der Waals surface area contributed by atoms with Gasteiger partial charge in [-0.3, -0.25) is 9.59 Å². The Morgan fingerprint density at radius 1 is 0.840 bits per heavy atom. The molecule has 0 saturated carbocycles. The van der Waals surface area contributed by atoms with Crippen LogP contribution in [0.4, 0.5) is 11.4 Å². The highest BCUT2D eigenvalue weighted by molar-refractivity contribution is 7.98. The Balaban J connectivity index is 1.62. The molecule has 0 bridgehead atoms. The van der Waals surface area contributed by atoms with Crippen molar-refractivity contribution >= 4 is 35.0 Å². The molecule has 0 aliphatic carbocycles. The fraction of sp³-hybridized carbons (Fsp3) is 0.0526. The van der Waals surface area contributed by atoms with Gasteiger partial charge in [0, 0.05) is 21.8 Å². The largest absolute Gasteiger partial charge is 0.459 e. The molecule has 2 amide bonds. The first kappa shape index (κ1) is 16.9. The summed E-state index contributed by atoms with van der Waals surface area (Å²) in [6, 6.07) is 17.5. The number of benzene rings is 2. The summed E-state index contributed by atoms with van der Waals surface area (Å²) >= 11 is 1.64. The number of carbonyl (C=O) groups excluding carboxylic acids is 2. The standard InChI is InChI=1S/C19H16N2O3S/c1-25-16-10-8-15(9-11-16)20-18(22)13-4-6-14(7-5-13)21-19(23)17-3-2-12-24-17/h2-12H,1H3,(H,20,22)(H,21,23). The van der Waals surface area contributed by atoms with Gasteiger partial charge in [-0.2, -0.15) is 0 Å². The summed E-state index contributed by atoms with van der Waals surface area (Å²) in [5.41, 5.74) is 1.82. The van der Waals surface area contributed by atoms with Crippen LogP contribution in [0.3, 0.4) is 0 Å². The van der Waals surface area contributed by atoms with Gasteiger partial charge in [0.1, 0.15) is 0 Å². The SMILES string of the molecule is CSc1ccc(NC(=O)c2ccc(NC(=O)c3ccco3)cc2)cc1. The molecule has 6 heteroatoms. The lowest BCUT2D eigenvalue weighted by molar-refractivity contribution is 0.0995. The van der Waals surface area contributed by atoms with Crippen molar-refractivity contribution in [3.63, 3.8) is 0 Å². The van der Waals surface area contributed by atoms with E-state index in [0.29, 0.717) is 11.3 Å². The number of rotatable bonds is 5. The number of nitrogens with one attached hydrogen (secondary N) is 2. The van der Waals surface area contributed by atoms with Gasteiger partial charge in [-0.1, -0.05) is 0 Å². The summed E-state index contributed by atoms with van der Waals surface area (Å²) in [5.74, 6) is -0.313. The molecular formula is C19H16N2O3S. The summed E-state index contributed by atoms with van der Waals surface area (Å²) in [7, 11) is 0. The van der Waals surface area contributed by atoms with Crippen molar-refractivity contribution in [3.8, 4) is 0 Å². The molecule has 3 rings (SSSR count). The number of thioether (sulfide) groups is 1. The summed E-state index contributed by atoms with van der Waals surface area (Å²) in [6.07, 6.45) is 3.44. The number of carbonyl (C=O) groups is 2. The third kappa shape index (κ3) is 4.30. The van der Waals surface area contributed by atoms with Crippen LogP contribution in [0.15, 0.2) is 76.2 Å². The number of furan rings is 1. The number of anilines is 2. The van der Waals surface area contributed by atoms with Gasteiger partial charge in [-0.25, -0.2) is 0 Å². The van der Waals surface area contributed by atoms with E-state index in [9.17, 15) is 9.59 Å². The van der Waals surface area contributed by atoms with Crippen LogP contribution in [-0.4, -0.2) is 18.1 Å². The predicted molar refractivity (Wildman–Crippen MR) is 99.3 cm³/mol. The Labute approximate surface area is 149 Å². The molecule has 2 N–H and O–H groups in total. The van der Waals surface area contributed by atoms with E-state index in [-0.39, 0.29) is 17.6 Å². The van der Waals surface area contributed by atoms with Crippen LogP contribution in [0, 0.1) is 0 Å². The lowest BCUT2D eigenvalue weighted by atomic mass is 10.2. The molecule has 25 heavy (non-hydrogen) atoms. The molecule has 2 aromatic carbocycles. The molecule has 0 atom stereocenters.